The van der Waals surface area contributed by atoms with Gasteiger partial charge in [-0.2, -0.15) is 0 Å². The molecule has 1 aromatic rings. The molecule has 1 aliphatic rings. The Balaban J connectivity index is 2.24. The third-order valence-corrected chi connectivity index (χ3v) is 3.10. The van der Waals surface area contributed by atoms with Gasteiger partial charge in [0.15, 0.2) is 0 Å². The monoisotopic (exact) mass is 234 g/mol. The Kier molecular flexibility index (Phi) is 3.33. The van der Waals surface area contributed by atoms with Gasteiger partial charge < -0.3 is 10.2 Å². The number of nitrogens with one attached hydrogen (secondary N) is 1. The zero-order valence-electron chi connectivity index (χ0n) is 11.2. The van der Waals surface area contributed by atoms with Gasteiger partial charge in [0.1, 0.15) is 11.6 Å². The number of anilines is 1. The molecule has 2 heterocycles. The molecule has 0 unspecified atom stereocenters. The zero-order chi connectivity index (χ0) is 12.5. The molecule has 4 nitrogen and oxygen atoms in total. The van der Waals surface area contributed by atoms with E-state index in [1.165, 1.54) is 0 Å². The first-order valence-corrected chi connectivity index (χ1v) is 6.35. The number of aromatic nitrogens is 2. The summed E-state index contributed by atoms with van der Waals surface area (Å²) in [6.45, 7) is 11.6. The van der Waals surface area contributed by atoms with Crippen LogP contribution in [0.3, 0.4) is 0 Å². The number of piperazine rings is 1. The number of hydrogen-bond donors (Lipinski definition) is 1. The van der Waals surface area contributed by atoms with Crippen LogP contribution in [0.25, 0.3) is 0 Å². The second-order valence-electron chi connectivity index (χ2n) is 5.37. The van der Waals surface area contributed by atoms with E-state index in [0.717, 1.165) is 43.4 Å². The molecular formula is C13H22N4. The molecule has 0 aliphatic carbocycles. The molecule has 0 amide bonds. The molecule has 17 heavy (non-hydrogen) atoms. The molecule has 4 heteroatoms. The van der Waals surface area contributed by atoms with Crippen LogP contribution in [-0.4, -0.2) is 35.1 Å². The molecule has 2 rings (SSSR count). The molecule has 0 atom stereocenters. The lowest BCUT2D eigenvalue weighted by Crippen LogP contribution is -2.57. The first-order valence-electron chi connectivity index (χ1n) is 6.35. The summed E-state index contributed by atoms with van der Waals surface area (Å²) in [7, 11) is 0. The summed E-state index contributed by atoms with van der Waals surface area (Å²) in [5, 5.41) is 3.52. The summed E-state index contributed by atoms with van der Waals surface area (Å²) in [4.78, 5) is 11.4. The summed E-state index contributed by atoms with van der Waals surface area (Å²) in [6.07, 6.45) is 0.893. The maximum absolute atomic E-state index is 4.63. The highest BCUT2D eigenvalue weighted by atomic mass is 15.3. The molecule has 1 aliphatic heterocycles. The predicted octanol–water partition coefficient (Wildman–Crippen LogP) is 1.54. The van der Waals surface area contributed by atoms with Gasteiger partial charge in [0, 0.05) is 43.4 Å². The van der Waals surface area contributed by atoms with Crippen molar-refractivity contribution in [3.05, 3.63) is 17.6 Å². The summed E-state index contributed by atoms with van der Waals surface area (Å²) < 4.78 is 0. The van der Waals surface area contributed by atoms with Crippen LogP contribution < -0.4 is 10.2 Å². The molecule has 0 bridgehead atoms. The summed E-state index contributed by atoms with van der Waals surface area (Å²) in [5.74, 6) is 2.01. The minimum atomic E-state index is 0.156. The molecule has 0 saturated carbocycles. The minimum absolute atomic E-state index is 0.156. The normalized spacial score (nSPS) is 19.4. The van der Waals surface area contributed by atoms with Crippen LogP contribution in [0.2, 0.25) is 0 Å². The van der Waals surface area contributed by atoms with E-state index in [2.05, 4.69) is 47.0 Å². The lowest BCUT2D eigenvalue weighted by molar-refractivity contribution is 0.351. The predicted molar refractivity (Wildman–Crippen MR) is 70.4 cm³/mol. The fraction of sp³-hybridized carbons (Fsp3) is 0.692. The molecule has 1 fully saturated rings. The Labute approximate surface area is 103 Å². The molecule has 1 saturated heterocycles. The maximum atomic E-state index is 4.63. The SMILES string of the molecule is CCc1nc(C)cc(N2CCNC(C)(C)C2)n1. The van der Waals surface area contributed by atoms with Gasteiger partial charge in [-0.3, -0.25) is 0 Å². The summed E-state index contributed by atoms with van der Waals surface area (Å²) >= 11 is 0. The summed E-state index contributed by atoms with van der Waals surface area (Å²) in [5.41, 5.74) is 1.21. The van der Waals surface area contributed by atoms with Gasteiger partial charge in [-0.05, 0) is 20.8 Å². The quantitative estimate of drug-likeness (QED) is 0.842. The van der Waals surface area contributed by atoms with Crippen molar-refractivity contribution in [1.29, 1.82) is 0 Å². The highest BCUT2D eigenvalue weighted by Crippen LogP contribution is 2.18. The van der Waals surface area contributed by atoms with Gasteiger partial charge in [-0.25, -0.2) is 9.97 Å². The molecule has 0 aromatic carbocycles. The van der Waals surface area contributed by atoms with Gasteiger partial charge in [0.2, 0.25) is 0 Å². The van der Waals surface area contributed by atoms with Crippen molar-refractivity contribution in [2.45, 2.75) is 39.7 Å². The highest BCUT2D eigenvalue weighted by molar-refractivity contribution is 5.41. The van der Waals surface area contributed by atoms with Gasteiger partial charge in [-0.15, -0.1) is 0 Å². The number of aryl methyl sites for hydroxylation is 2. The largest absolute Gasteiger partial charge is 0.353 e. The number of nitrogens with zero attached hydrogens (tertiary/aromatic N) is 3. The lowest BCUT2D eigenvalue weighted by atomic mass is 10.0. The minimum Gasteiger partial charge on any atom is -0.353 e. The molecular weight excluding hydrogens is 212 g/mol. The fourth-order valence-electron chi connectivity index (χ4n) is 2.27. The van der Waals surface area contributed by atoms with Crippen molar-refractivity contribution in [1.82, 2.24) is 15.3 Å². The number of rotatable bonds is 2. The van der Waals surface area contributed by atoms with Gasteiger partial charge in [0.25, 0.3) is 0 Å². The van der Waals surface area contributed by atoms with Gasteiger partial charge in [0.05, 0.1) is 0 Å². The third-order valence-electron chi connectivity index (χ3n) is 3.10. The maximum Gasteiger partial charge on any atom is 0.132 e. The molecule has 94 valence electrons. The van der Waals surface area contributed by atoms with Crippen LogP contribution >= 0.6 is 0 Å². The Morgan fingerprint density at radius 2 is 2.18 bits per heavy atom. The van der Waals surface area contributed by atoms with E-state index in [0.29, 0.717) is 0 Å². The number of hydrogen-bond acceptors (Lipinski definition) is 4. The average Bonchev–Trinajstić information content (AvgIpc) is 2.27. The van der Waals surface area contributed by atoms with E-state index >= 15 is 0 Å². The third kappa shape index (κ3) is 2.94. The van der Waals surface area contributed by atoms with Crippen molar-refractivity contribution in [3.8, 4) is 0 Å². The van der Waals surface area contributed by atoms with Crippen LogP contribution in [0.4, 0.5) is 5.82 Å². The second kappa shape index (κ2) is 4.61. The standard InChI is InChI=1S/C13H22N4/c1-5-11-15-10(2)8-12(16-11)17-7-6-14-13(3,4)9-17/h8,14H,5-7,9H2,1-4H3. The van der Waals surface area contributed by atoms with E-state index in [4.69, 9.17) is 0 Å². The van der Waals surface area contributed by atoms with Crippen molar-refractivity contribution in [3.63, 3.8) is 0 Å². The van der Waals surface area contributed by atoms with Crippen LogP contribution in [0, 0.1) is 6.92 Å². The van der Waals surface area contributed by atoms with Gasteiger partial charge >= 0.3 is 0 Å². The topological polar surface area (TPSA) is 41.1 Å². The Hall–Kier alpha value is -1.16. The first kappa shape index (κ1) is 12.3. The zero-order valence-corrected chi connectivity index (χ0v) is 11.2. The lowest BCUT2D eigenvalue weighted by Gasteiger charge is -2.39. The summed E-state index contributed by atoms with van der Waals surface area (Å²) in [6, 6.07) is 2.08. The van der Waals surface area contributed by atoms with E-state index in [1.807, 2.05) is 6.92 Å². The molecule has 1 N–H and O–H groups in total. The average molecular weight is 234 g/mol. The fourth-order valence-corrected chi connectivity index (χ4v) is 2.27. The Bertz CT molecular complexity index is 400. The highest BCUT2D eigenvalue weighted by Gasteiger charge is 2.26. The van der Waals surface area contributed by atoms with Crippen LogP contribution in [0.5, 0.6) is 0 Å². The van der Waals surface area contributed by atoms with Crippen molar-refractivity contribution < 1.29 is 0 Å². The second-order valence-corrected chi connectivity index (χ2v) is 5.37. The molecule has 0 spiro atoms. The van der Waals surface area contributed by atoms with Crippen molar-refractivity contribution >= 4 is 5.82 Å². The molecule has 0 radical (unpaired) electrons. The van der Waals surface area contributed by atoms with Gasteiger partial charge in [-0.1, -0.05) is 6.92 Å². The Morgan fingerprint density at radius 1 is 1.41 bits per heavy atom. The first-order chi connectivity index (χ1) is 8.00. The smallest absolute Gasteiger partial charge is 0.132 e. The van der Waals surface area contributed by atoms with E-state index < -0.39 is 0 Å². The van der Waals surface area contributed by atoms with Crippen LogP contribution in [0.1, 0.15) is 32.3 Å². The van der Waals surface area contributed by atoms with E-state index in [-0.39, 0.29) is 5.54 Å². The molecule has 1 aromatic heterocycles. The van der Waals surface area contributed by atoms with E-state index in [9.17, 15) is 0 Å². The van der Waals surface area contributed by atoms with Crippen LogP contribution in [-0.2, 0) is 6.42 Å². The van der Waals surface area contributed by atoms with Crippen LogP contribution in [0.15, 0.2) is 6.07 Å². The Morgan fingerprint density at radius 3 is 2.82 bits per heavy atom. The van der Waals surface area contributed by atoms with Crippen molar-refractivity contribution in [2.24, 2.45) is 0 Å². The van der Waals surface area contributed by atoms with E-state index in [1.54, 1.807) is 0 Å². The van der Waals surface area contributed by atoms with Crippen molar-refractivity contribution in [2.75, 3.05) is 24.5 Å².